The monoisotopic (exact) mass is 373 g/mol. The lowest BCUT2D eigenvalue weighted by atomic mass is 10.1. The maximum Gasteiger partial charge on any atom is 0.255 e. The topological polar surface area (TPSA) is 75.4 Å². The number of nitrogens with one attached hydrogen (secondary N) is 1. The maximum atomic E-state index is 12.9. The average Bonchev–Trinajstić information content (AvgIpc) is 2.66. The summed E-state index contributed by atoms with van der Waals surface area (Å²) in [7, 11) is 0. The molecule has 0 atom stereocenters. The van der Waals surface area contributed by atoms with Crippen LogP contribution in [0.4, 0.5) is 5.69 Å². The highest BCUT2D eigenvalue weighted by Crippen LogP contribution is 2.23. The molecule has 0 radical (unpaired) electrons. The Morgan fingerprint density at radius 2 is 1.88 bits per heavy atom. The molecule has 138 valence electrons. The van der Waals surface area contributed by atoms with Crippen LogP contribution in [0.1, 0.15) is 35.7 Å². The second-order valence-corrected chi connectivity index (χ2v) is 6.35. The zero-order valence-corrected chi connectivity index (χ0v) is 15.6. The Balaban J connectivity index is 2.15. The fraction of sp³-hybridized carbons (Fsp3) is 0.300. The van der Waals surface area contributed by atoms with E-state index in [1.807, 2.05) is 37.3 Å². The predicted octanol–water partition coefficient (Wildman–Crippen LogP) is 3.68. The van der Waals surface area contributed by atoms with Crippen LogP contribution in [0.5, 0.6) is 0 Å². The largest absolute Gasteiger partial charge is 0.335 e. The van der Waals surface area contributed by atoms with Crippen molar-refractivity contribution in [3.05, 3.63) is 64.7 Å². The molecule has 0 heterocycles. The molecule has 26 heavy (non-hydrogen) atoms. The maximum absolute atomic E-state index is 12.9. The van der Waals surface area contributed by atoms with Crippen molar-refractivity contribution in [3.63, 3.8) is 0 Å². The van der Waals surface area contributed by atoms with E-state index in [4.69, 9.17) is 17.3 Å². The van der Waals surface area contributed by atoms with Gasteiger partial charge < -0.3 is 16.0 Å². The molecule has 2 rings (SSSR count). The van der Waals surface area contributed by atoms with Gasteiger partial charge in [0.05, 0.1) is 10.6 Å². The van der Waals surface area contributed by atoms with Crippen LogP contribution in [-0.2, 0) is 11.3 Å². The van der Waals surface area contributed by atoms with E-state index in [1.54, 1.807) is 23.1 Å². The number of hydrogen-bond acceptors (Lipinski definition) is 3. The van der Waals surface area contributed by atoms with Gasteiger partial charge in [-0.2, -0.15) is 0 Å². The third-order valence-corrected chi connectivity index (χ3v) is 4.30. The second-order valence-electron chi connectivity index (χ2n) is 5.94. The normalized spacial score (nSPS) is 10.4. The second kappa shape index (κ2) is 9.94. The molecule has 5 nitrogen and oxygen atoms in total. The Morgan fingerprint density at radius 1 is 1.15 bits per heavy atom. The van der Waals surface area contributed by atoms with Gasteiger partial charge in [0.1, 0.15) is 0 Å². The van der Waals surface area contributed by atoms with E-state index in [-0.39, 0.29) is 11.8 Å². The molecule has 2 amide bonds. The fourth-order valence-electron chi connectivity index (χ4n) is 2.55. The molecule has 6 heteroatoms. The average molecular weight is 374 g/mol. The first-order valence-electron chi connectivity index (χ1n) is 8.67. The van der Waals surface area contributed by atoms with Crippen molar-refractivity contribution in [1.29, 1.82) is 0 Å². The van der Waals surface area contributed by atoms with Crippen LogP contribution in [0, 0.1) is 0 Å². The summed E-state index contributed by atoms with van der Waals surface area (Å²) in [6.45, 7) is 3.44. The van der Waals surface area contributed by atoms with E-state index in [0.29, 0.717) is 48.7 Å². The molecule has 0 unspecified atom stereocenters. The fourth-order valence-corrected chi connectivity index (χ4v) is 2.75. The summed E-state index contributed by atoms with van der Waals surface area (Å²) in [4.78, 5) is 26.5. The highest BCUT2D eigenvalue weighted by atomic mass is 35.5. The number of benzene rings is 2. The van der Waals surface area contributed by atoms with Crippen molar-refractivity contribution in [1.82, 2.24) is 4.90 Å². The number of nitrogens with zero attached hydrogens (tertiary/aromatic N) is 1. The number of hydrogen-bond donors (Lipinski definition) is 2. The summed E-state index contributed by atoms with van der Waals surface area (Å²) in [5.74, 6) is -0.299. The molecule has 0 saturated heterocycles. The minimum Gasteiger partial charge on any atom is -0.335 e. The summed E-state index contributed by atoms with van der Waals surface area (Å²) >= 11 is 6.24. The minimum absolute atomic E-state index is 0.132. The van der Waals surface area contributed by atoms with Crippen LogP contribution in [0.3, 0.4) is 0 Å². The van der Waals surface area contributed by atoms with E-state index >= 15 is 0 Å². The zero-order valence-electron chi connectivity index (χ0n) is 14.9. The molecule has 0 bridgehead atoms. The summed E-state index contributed by atoms with van der Waals surface area (Å²) in [6, 6.07) is 14.7. The number of carbonyl (C=O) groups excluding carboxylic acids is 2. The Kier molecular flexibility index (Phi) is 7.63. The minimum atomic E-state index is -0.167. The molecule has 0 aliphatic rings. The van der Waals surface area contributed by atoms with Crippen LogP contribution in [0.25, 0.3) is 0 Å². The van der Waals surface area contributed by atoms with Crippen molar-refractivity contribution in [2.75, 3.05) is 18.4 Å². The Labute approximate surface area is 159 Å². The molecule has 0 aromatic heterocycles. The quantitative estimate of drug-likeness (QED) is 0.741. The molecule has 0 saturated carbocycles. The number of nitrogens with two attached hydrogens (primary N) is 1. The van der Waals surface area contributed by atoms with Crippen molar-refractivity contribution in [3.8, 4) is 0 Å². The van der Waals surface area contributed by atoms with Gasteiger partial charge in [0, 0.05) is 25.2 Å². The van der Waals surface area contributed by atoms with Gasteiger partial charge in [-0.15, -0.1) is 0 Å². The van der Waals surface area contributed by atoms with Gasteiger partial charge in [0.2, 0.25) is 5.91 Å². The lowest BCUT2D eigenvalue weighted by Gasteiger charge is -2.22. The lowest BCUT2D eigenvalue weighted by Crippen LogP contribution is -2.30. The van der Waals surface area contributed by atoms with E-state index in [9.17, 15) is 9.59 Å². The van der Waals surface area contributed by atoms with Gasteiger partial charge in [-0.3, -0.25) is 9.59 Å². The standard InChI is InChI=1S/C20H24ClN3O2/c1-2-24(14-15-7-4-3-5-8-15)20(26)17-13-16(10-11-18(17)21)23-19(25)9-6-12-22/h3-5,7-8,10-11,13H,2,6,9,12,14,22H2,1H3,(H,23,25). The predicted molar refractivity (Wildman–Crippen MR) is 105 cm³/mol. The Hall–Kier alpha value is -2.37. The smallest absolute Gasteiger partial charge is 0.255 e. The third kappa shape index (κ3) is 5.58. The molecule has 2 aromatic rings. The van der Waals surface area contributed by atoms with E-state index in [1.165, 1.54) is 0 Å². The first kappa shape index (κ1) is 19.9. The first-order valence-corrected chi connectivity index (χ1v) is 9.05. The lowest BCUT2D eigenvalue weighted by molar-refractivity contribution is -0.116. The van der Waals surface area contributed by atoms with Crippen molar-refractivity contribution >= 4 is 29.1 Å². The molecule has 0 aliphatic carbocycles. The van der Waals surface area contributed by atoms with Crippen molar-refractivity contribution in [2.45, 2.75) is 26.3 Å². The number of halogens is 1. The molecular weight excluding hydrogens is 350 g/mol. The Bertz CT molecular complexity index is 750. The van der Waals surface area contributed by atoms with E-state index in [2.05, 4.69) is 5.32 Å². The molecule has 0 aliphatic heterocycles. The van der Waals surface area contributed by atoms with Crippen LogP contribution in [0.15, 0.2) is 48.5 Å². The number of carbonyl (C=O) groups is 2. The third-order valence-electron chi connectivity index (χ3n) is 3.97. The summed E-state index contributed by atoms with van der Waals surface area (Å²) in [6.07, 6.45) is 0.962. The molecule has 2 aromatic carbocycles. The van der Waals surface area contributed by atoms with Crippen LogP contribution < -0.4 is 11.1 Å². The van der Waals surface area contributed by atoms with Gasteiger partial charge in [0.15, 0.2) is 0 Å². The van der Waals surface area contributed by atoms with Gasteiger partial charge in [0.25, 0.3) is 5.91 Å². The molecule has 0 fully saturated rings. The Morgan fingerprint density at radius 3 is 2.54 bits per heavy atom. The van der Waals surface area contributed by atoms with Gasteiger partial charge in [-0.05, 0) is 43.7 Å². The molecule has 0 spiro atoms. The number of anilines is 1. The van der Waals surface area contributed by atoms with Crippen LogP contribution in [-0.4, -0.2) is 29.8 Å². The molecule has 3 N–H and O–H groups in total. The summed E-state index contributed by atoms with van der Waals surface area (Å²) in [5.41, 5.74) is 7.39. The van der Waals surface area contributed by atoms with Gasteiger partial charge in [-0.1, -0.05) is 41.9 Å². The summed E-state index contributed by atoms with van der Waals surface area (Å²) in [5, 5.41) is 3.14. The first-order chi connectivity index (χ1) is 12.5. The molecular formula is C20H24ClN3O2. The van der Waals surface area contributed by atoms with Crippen LogP contribution >= 0.6 is 11.6 Å². The van der Waals surface area contributed by atoms with Crippen molar-refractivity contribution in [2.24, 2.45) is 5.73 Å². The SMILES string of the molecule is CCN(Cc1ccccc1)C(=O)c1cc(NC(=O)CCCN)ccc1Cl. The number of rotatable bonds is 8. The summed E-state index contributed by atoms with van der Waals surface area (Å²) < 4.78 is 0. The zero-order chi connectivity index (χ0) is 18.9. The van der Waals surface area contributed by atoms with E-state index < -0.39 is 0 Å². The van der Waals surface area contributed by atoms with Gasteiger partial charge >= 0.3 is 0 Å². The number of amides is 2. The van der Waals surface area contributed by atoms with Gasteiger partial charge in [-0.25, -0.2) is 0 Å². The highest BCUT2D eigenvalue weighted by molar-refractivity contribution is 6.34. The van der Waals surface area contributed by atoms with Crippen LogP contribution in [0.2, 0.25) is 5.02 Å². The highest BCUT2D eigenvalue weighted by Gasteiger charge is 2.18. The van der Waals surface area contributed by atoms with Crippen molar-refractivity contribution < 1.29 is 9.59 Å². The van der Waals surface area contributed by atoms with E-state index in [0.717, 1.165) is 5.56 Å².